The predicted octanol–water partition coefficient (Wildman–Crippen LogP) is 3.02. The van der Waals surface area contributed by atoms with Gasteiger partial charge in [-0.15, -0.1) is 0 Å². The summed E-state index contributed by atoms with van der Waals surface area (Å²) in [5.74, 6) is -1.30. The van der Waals surface area contributed by atoms with Gasteiger partial charge in [-0.1, -0.05) is 17.7 Å². The lowest BCUT2D eigenvalue weighted by atomic mass is 10.1. The van der Waals surface area contributed by atoms with Crippen LogP contribution in [0.3, 0.4) is 0 Å². The molecule has 0 fully saturated rings. The standard InChI is InChI=1S/C22H26FN3O3/c1-14-11-15(2)21(16(3)12-14)26-20(28)13-25-19(27)5-4-10-24-22(29)17-6-8-18(23)9-7-17/h6-9,11-12H,4-5,10,13H2,1-3H3,(H,24,29)(H,25,27)(H,26,28). The highest BCUT2D eigenvalue weighted by atomic mass is 19.1. The number of aryl methyl sites for hydroxylation is 3. The molecule has 0 atom stereocenters. The third-order valence-electron chi connectivity index (χ3n) is 4.36. The first-order valence-corrected chi connectivity index (χ1v) is 9.44. The minimum Gasteiger partial charge on any atom is -0.352 e. The van der Waals surface area contributed by atoms with Gasteiger partial charge in [0.25, 0.3) is 5.91 Å². The minimum atomic E-state index is -0.407. The number of hydrogen-bond acceptors (Lipinski definition) is 3. The van der Waals surface area contributed by atoms with E-state index in [1.807, 2.05) is 32.9 Å². The van der Waals surface area contributed by atoms with E-state index in [0.717, 1.165) is 22.4 Å². The Morgan fingerprint density at radius 1 is 0.897 bits per heavy atom. The highest BCUT2D eigenvalue weighted by molar-refractivity contribution is 5.96. The molecule has 0 heterocycles. The van der Waals surface area contributed by atoms with E-state index in [-0.39, 0.29) is 30.7 Å². The zero-order valence-corrected chi connectivity index (χ0v) is 16.9. The van der Waals surface area contributed by atoms with Gasteiger partial charge in [-0.3, -0.25) is 14.4 Å². The van der Waals surface area contributed by atoms with E-state index < -0.39 is 5.82 Å². The quantitative estimate of drug-likeness (QED) is 0.597. The average Bonchev–Trinajstić information content (AvgIpc) is 2.66. The van der Waals surface area contributed by atoms with Gasteiger partial charge in [0.05, 0.1) is 6.54 Å². The van der Waals surface area contributed by atoms with Crippen LogP contribution in [-0.4, -0.2) is 30.8 Å². The summed E-state index contributed by atoms with van der Waals surface area (Å²) in [5, 5.41) is 8.07. The lowest BCUT2D eigenvalue weighted by Crippen LogP contribution is -2.33. The maximum atomic E-state index is 12.8. The Balaban J connectivity index is 1.67. The summed E-state index contributed by atoms with van der Waals surface area (Å²) in [5.41, 5.74) is 4.18. The Morgan fingerprint density at radius 3 is 2.14 bits per heavy atom. The van der Waals surface area contributed by atoms with Crippen molar-refractivity contribution >= 4 is 23.4 Å². The maximum absolute atomic E-state index is 12.8. The highest BCUT2D eigenvalue weighted by Gasteiger charge is 2.10. The summed E-state index contributed by atoms with van der Waals surface area (Å²) in [7, 11) is 0. The molecule has 0 saturated carbocycles. The third kappa shape index (κ3) is 7.03. The molecule has 3 N–H and O–H groups in total. The van der Waals surface area contributed by atoms with Gasteiger partial charge in [0.2, 0.25) is 11.8 Å². The van der Waals surface area contributed by atoms with Crippen LogP contribution in [0, 0.1) is 26.6 Å². The summed E-state index contributed by atoms with van der Waals surface area (Å²) in [6, 6.07) is 9.20. The second-order valence-electron chi connectivity index (χ2n) is 6.96. The number of benzene rings is 2. The fourth-order valence-corrected chi connectivity index (χ4v) is 2.98. The van der Waals surface area contributed by atoms with Crippen LogP contribution in [0.4, 0.5) is 10.1 Å². The lowest BCUT2D eigenvalue weighted by molar-refractivity contribution is -0.124. The Hall–Kier alpha value is -3.22. The van der Waals surface area contributed by atoms with Crippen LogP contribution in [0.15, 0.2) is 36.4 Å². The number of anilines is 1. The molecule has 2 aromatic rings. The summed E-state index contributed by atoms with van der Waals surface area (Å²) >= 11 is 0. The van der Waals surface area contributed by atoms with Crippen LogP contribution in [0.5, 0.6) is 0 Å². The van der Waals surface area contributed by atoms with E-state index in [0.29, 0.717) is 18.5 Å². The fourth-order valence-electron chi connectivity index (χ4n) is 2.98. The number of carbonyl (C=O) groups excluding carboxylic acids is 3. The monoisotopic (exact) mass is 399 g/mol. The van der Waals surface area contributed by atoms with E-state index in [1.165, 1.54) is 24.3 Å². The third-order valence-corrected chi connectivity index (χ3v) is 4.36. The first-order chi connectivity index (χ1) is 13.8. The van der Waals surface area contributed by atoms with E-state index in [2.05, 4.69) is 16.0 Å². The second kappa shape index (κ2) is 10.4. The molecule has 0 unspecified atom stereocenters. The van der Waals surface area contributed by atoms with E-state index in [9.17, 15) is 18.8 Å². The molecule has 6 nitrogen and oxygen atoms in total. The van der Waals surface area contributed by atoms with Gasteiger partial charge < -0.3 is 16.0 Å². The first-order valence-electron chi connectivity index (χ1n) is 9.44. The van der Waals surface area contributed by atoms with Gasteiger partial charge in [0, 0.05) is 24.2 Å². The molecule has 0 spiro atoms. The molecular formula is C22H26FN3O3. The second-order valence-corrected chi connectivity index (χ2v) is 6.96. The van der Waals surface area contributed by atoms with Crippen LogP contribution >= 0.6 is 0 Å². The maximum Gasteiger partial charge on any atom is 0.251 e. The van der Waals surface area contributed by atoms with Crippen LogP contribution in [0.1, 0.15) is 39.9 Å². The molecule has 3 amide bonds. The molecule has 0 aliphatic rings. The van der Waals surface area contributed by atoms with Crippen molar-refractivity contribution in [3.05, 3.63) is 64.5 Å². The molecule has 7 heteroatoms. The summed E-state index contributed by atoms with van der Waals surface area (Å²) in [4.78, 5) is 35.9. The van der Waals surface area contributed by atoms with Crippen molar-refractivity contribution in [1.82, 2.24) is 10.6 Å². The largest absolute Gasteiger partial charge is 0.352 e. The summed E-state index contributed by atoms with van der Waals surface area (Å²) < 4.78 is 12.8. The Morgan fingerprint density at radius 2 is 1.52 bits per heavy atom. The molecule has 2 aromatic carbocycles. The van der Waals surface area contributed by atoms with E-state index in [1.54, 1.807) is 0 Å². The first kappa shape index (κ1) is 22.1. The SMILES string of the molecule is Cc1cc(C)c(NC(=O)CNC(=O)CCCNC(=O)c2ccc(F)cc2)c(C)c1. The molecule has 0 radical (unpaired) electrons. The van der Waals surface area contributed by atoms with Gasteiger partial charge in [-0.25, -0.2) is 4.39 Å². The van der Waals surface area contributed by atoms with Crippen LogP contribution in [0.2, 0.25) is 0 Å². The van der Waals surface area contributed by atoms with Crippen LogP contribution < -0.4 is 16.0 Å². The number of halogens is 1. The van der Waals surface area contributed by atoms with E-state index >= 15 is 0 Å². The smallest absolute Gasteiger partial charge is 0.251 e. The zero-order valence-electron chi connectivity index (χ0n) is 16.9. The van der Waals surface area contributed by atoms with Gasteiger partial charge in [0.1, 0.15) is 5.82 Å². The van der Waals surface area contributed by atoms with Crippen molar-refractivity contribution < 1.29 is 18.8 Å². The highest BCUT2D eigenvalue weighted by Crippen LogP contribution is 2.21. The topological polar surface area (TPSA) is 87.3 Å². The van der Waals surface area contributed by atoms with Gasteiger partial charge in [-0.05, 0) is 62.6 Å². The zero-order chi connectivity index (χ0) is 21.4. The molecule has 29 heavy (non-hydrogen) atoms. The van der Waals surface area contributed by atoms with Crippen molar-refractivity contribution in [1.29, 1.82) is 0 Å². The summed E-state index contributed by atoms with van der Waals surface area (Å²) in [6.07, 6.45) is 0.607. The average molecular weight is 399 g/mol. The van der Waals surface area contributed by atoms with Crippen molar-refractivity contribution in [3.63, 3.8) is 0 Å². The number of rotatable bonds is 8. The molecule has 0 aliphatic carbocycles. The fraction of sp³-hybridized carbons (Fsp3) is 0.318. The van der Waals surface area contributed by atoms with Crippen molar-refractivity contribution in [2.24, 2.45) is 0 Å². The number of amides is 3. The minimum absolute atomic E-state index is 0.118. The normalized spacial score (nSPS) is 10.3. The molecule has 0 saturated heterocycles. The van der Waals surface area contributed by atoms with Crippen molar-refractivity contribution in [2.45, 2.75) is 33.6 Å². The Kier molecular flexibility index (Phi) is 7.88. The van der Waals surface area contributed by atoms with Gasteiger partial charge in [-0.2, -0.15) is 0 Å². The van der Waals surface area contributed by atoms with Gasteiger partial charge >= 0.3 is 0 Å². The molecule has 0 bridgehead atoms. The van der Waals surface area contributed by atoms with Crippen molar-refractivity contribution in [2.75, 3.05) is 18.4 Å². The molecule has 2 rings (SSSR count). The molecular weight excluding hydrogens is 373 g/mol. The predicted molar refractivity (Wildman–Crippen MR) is 110 cm³/mol. The van der Waals surface area contributed by atoms with Crippen molar-refractivity contribution in [3.8, 4) is 0 Å². The number of carbonyl (C=O) groups is 3. The number of nitrogens with one attached hydrogen (secondary N) is 3. The molecule has 0 aliphatic heterocycles. The van der Waals surface area contributed by atoms with Crippen LogP contribution in [-0.2, 0) is 9.59 Å². The van der Waals surface area contributed by atoms with Crippen LogP contribution in [0.25, 0.3) is 0 Å². The lowest BCUT2D eigenvalue weighted by Gasteiger charge is -2.13. The number of hydrogen-bond donors (Lipinski definition) is 3. The van der Waals surface area contributed by atoms with Gasteiger partial charge in [0.15, 0.2) is 0 Å². The molecule has 154 valence electrons. The van der Waals surface area contributed by atoms with E-state index in [4.69, 9.17) is 0 Å². The Labute approximate surface area is 169 Å². The molecule has 0 aromatic heterocycles. The Bertz CT molecular complexity index is 872. The summed E-state index contributed by atoms with van der Waals surface area (Å²) in [6.45, 7) is 6.03.